The monoisotopic (exact) mass is 405 g/mol. The molecule has 0 aromatic heterocycles. The molecule has 0 aliphatic carbocycles. The van der Waals surface area contributed by atoms with E-state index in [2.05, 4.69) is 5.32 Å². The molecule has 128 valence electrons. The highest BCUT2D eigenvalue weighted by Crippen LogP contribution is 2.26. The summed E-state index contributed by atoms with van der Waals surface area (Å²) in [5.41, 5.74) is 0.847. The summed E-state index contributed by atoms with van der Waals surface area (Å²) in [6, 6.07) is 8.67. The first kappa shape index (κ1) is 19.1. The van der Waals surface area contributed by atoms with Gasteiger partial charge in [-0.25, -0.2) is 8.42 Å². The zero-order chi connectivity index (χ0) is 18.1. The van der Waals surface area contributed by atoms with Crippen molar-refractivity contribution in [3.8, 4) is 0 Å². The van der Waals surface area contributed by atoms with Gasteiger partial charge in [0, 0.05) is 6.26 Å². The molecule has 0 aliphatic rings. The maximum Gasteiger partial charge on any atom is 0.253 e. The Morgan fingerprint density at radius 2 is 1.62 bits per heavy atom. The molecule has 0 saturated heterocycles. The summed E-state index contributed by atoms with van der Waals surface area (Å²) in [6.45, 7) is 1.77. The molecule has 8 heteroatoms. The Hall–Kier alpha value is -1.27. The van der Waals surface area contributed by atoms with Gasteiger partial charge in [0.25, 0.3) is 5.91 Å². The molecule has 2 aromatic rings. The topological polar surface area (TPSA) is 63.2 Å². The van der Waals surface area contributed by atoms with Gasteiger partial charge < -0.3 is 5.32 Å². The minimum atomic E-state index is -3.44. The smallest absolute Gasteiger partial charge is 0.253 e. The van der Waals surface area contributed by atoms with Crippen molar-refractivity contribution < 1.29 is 13.2 Å². The van der Waals surface area contributed by atoms with E-state index in [1.807, 2.05) is 0 Å². The molecule has 1 N–H and O–H groups in total. The Bertz CT molecular complexity index is 897. The molecule has 1 amide bonds. The first-order chi connectivity index (χ1) is 11.1. The Kier molecular flexibility index (Phi) is 5.81. The van der Waals surface area contributed by atoms with Crippen molar-refractivity contribution in [2.45, 2.75) is 17.9 Å². The van der Waals surface area contributed by atoms with Crippen LogP contribution in [0.1, 0.15) is 28.9 Å². The molecule has 2 rings (SSSR count). The highest BCUT2D eigenvalue weighted by Gasteiger charge is 2.18. The van der Waals surface area contributed by atoms with Crippen molar-refractivity contribution in [2.75, 3.05) is 6.26 Å². The molecule has 0 aliphatic heterocycles. The molecule has 0 saturated carbocycles. The Morgan fingerprint density at radius 1 is 1.00 bits per heavy atom. The molecule has 0 bridgehead atoms. The summed E-state index contributed by atoms with van der Waals surface area (Å²) >= 11 is 17.9. The number of carbonyl (C=O) groups excluding carboxylic acids is 1. The average molecular weight is 407 g/mol. The second-order valence-electron chi connectivity index (χ2n) is 5.28. The first-order valence-corrected chi connectivity index (χ1v) is 9.87. The molecular weight excluding hydrogens is 393 g/mol. The van der Waals surface area contributed by atoms with Crippen LogP contribution in [0.5, 0.6) is 0 Å². The number of nitrogens with one attached hydrogen (secondary N) is 1. The lowest BCUT2D eigenvalue weighted by molar-refractivity contribution is 0.0940. The molecule has 0 spiro atoms. The van der Waals surface area contributed by atoms with Crippen LogP contribution in [0.3, 0.4) is 0 Å². The van der Waals surface area contributed by atoms with E-state index in [1.165, 1.54) is 18.2 Å². The van der Waals surface area contributed by atoms with Crippen LogP contribution in [0.25, 0.3) is 0 Å². The van der Waals surface area contributed by atoms with Crippen LogP contribution in [-0.4, -0.2) is 20.6 Å². The van der Waals surface area contributed by atoms with Crippen molar-refractivity contribution in [1.82, 2.24) is 5.32 Å². The fraction of sp³-hybridized carbons (Fsp3) is 0.188. The highest BCUT2D eigenvalue weighted by molar-refractivity contribution is 7.90. The number of rotatable bonds is 4. The van der Waals surface area contributed by atoms with E-state index in [4.69, 9.17) is 34.8 Å². The summed E-state index contributed by atoms with van der Waals surface area (Å²) in [4.78, 5) is 12.5. The van der Waals surface area contributed by atoms with Crippen molar-refractivity contribution in [3.63, 3.8) is 0 Å². The normalized spacial score (nSPS) is 12.7. The quantitative estimate of drug-likeness (QED) is 0.810. The molecule has 0 fully saturated rings. The lowest BCUT2D eigenvalue weighted by atomic mass is 10.1. The van der Waals surface area contributed by atoms with Gasteiger partial charge in [-0.2, -0.15) is 0 Å². The Labute approximate surface area is 155 Å². The largest absolute Gasteiger partial charge is 0.345 e. The van der Waals surface area contributed by atoms with Gasteiger partial charge in [0.15, 0.2) is 9.84 Å². The van der Waals surface area contributed by atoms with E-state index in [9.17, 15) is 13.2 Å². The Morgan fingerprint density at radius 3 is 2.21 bits per heavy atom. The summed E-state index contributed by atoms with van der Waals surface area (Å²) in [7, 11) is -3.44. The number of sulfone groups is 1. The van der Waals surface area contributed by atoms with Gasteiger partial charge in [0.2, 0.25) is 0 Å². The number of halogens is 3. The fourth-order valence-corrected chi connectivity index (χ4v) is 3.21. The molecule has 0 heterocycles. The third-order valence-electron chi connectivity index (χ3n) is 3.40. The SMILES string of the molecule is CC(NC(=O)c1cc(S(C)(=O)=O)ccc1Cl)c1ccc(Cl)c(Cl)c1. The second-order valence-corrected chi connectivity index (χ2v) is 8.52. The lowest BCUT2D eigenvalue weighted by Crippen LogP contribution is -2.27. The maximum atomic E-state index is 12.4. The van der Waals surface area contributed by atoms with Crippen LogP contribution in [0, 0.1) is 0 Å². The van der Waals surface area contributed by atoms with E-state index in [0.717, 1.165) is 11.8 Å². The highest BCUT2D eigenvalue weighted by atomic mass is 35.5. The molecule has 4 nitrogen and oxygen atoms in total. The lowest BCUT2D eigenvalue weighted by Gasteiger charge is -2.16. The summed E-state index contributed by atoms with van der Waals surface area (Å²) < 4.78 is 23.3. The number of hydrogen-bond donors (Lipinski definition) is 1. The van der Waals surface area contributed by atoms with E-state index in [0.29, 0.717) is 10.0 Å². The fourth-order valence-electron chi connectivity index (χ4n) is 2.05. The second kappa shape index (κ2) is 7.31. The summed E-state index contributed by atoms with van der Waals surface area (Å²) in [6.07, 6.45) is 1.07. The van der Waals surface area contributed by atoms with Gasteiger partial charge in [-0.3, -0.25) is 4.79 Å². The summed E-state index contributed by atoms with van der Waals surface area (Å²) in [5.74, 6) is -0.482. The molecule has 0 radical (unpaired) electrons. The molecule has 2 aromatic carbocycles. The van der Waals surface area contributed by atoms with Gasteiger partial charge in [-0.1, -0.05) is 40.9 Å². The van der Waals surface area contributed by atoms with Gasteiger partial charge in [0.1, 0.15) is 0 Å². The van der Waals surface area contributed by atoms with E-state index >= 15 is 0 Å². The van der Waals surface area contributed by atoms with Crippen LogP contribution in [0.15, 0.2) is 41.3 Å². The third kappa shape index (κ3) is 4.42. The van der Waals surface area contributed by atoms with Gasteiger partial charge >= 0.3 is 0 Å². The predicted octanol–water partition coefficient (Wildman–Crippen LogP) is 4.54. The number of benzene rings is 2. The van der Waals surface area contributed by atoms with Crippen molar-refractivity contribution >= 4 is 50.5 Å². The standard InChI is InChI=1S/C16H14Cl3NO3S/c1-9(10-3-5-14(18)15(19)7-10)20-16(21)12-8-11(24(2,22)23)4-6-13(12)17/h3-9H,1-2H3,(H,20,21). The predicted molar refractivity (Wildman–Crippen MR) is 96.9 cm³/mol. The van der Waals surface area contributed by atoms with Crippen LogP contribution in [0.2, 0.25) is 15.1 Å². The van der Waals surface area contributed by atoms with Gasteiger partial charge in [0.05, 0.1) is 31.6 Å². The van der Waals surface area contributed by atoms with Crippen molar-refractivity contribution in [2.24, 2.45) is 0 Å². The van der Waals surface area contributed by atoms with Gasteiger partial charge in [-0.15, -0.1) is 0 Å². The maximum absolute atomic E-state index is 12.4. The number of carbonyl (C=O) groups is 1. The number of amides is 1. The first-order valence-electron chi connectivity index (χ1n) is 6.85. The van der Waals surface area contributed by atoms with Crippen molar-refractivity contribution in [3.05, 3.63) is 62.6 Å². The van der Waals surface area contributed by atoms with E-state index in [-0.39, 0.29) is 21.5 Å². The minimum absolute atomic E-state index is 0.0271. The van der Waals surface area contributed by atoms with E-state index < -0.39 is 15.7 Å². The van der Waals surface area contributed by atoms with Crippen molar-refractivity contribution in [1.29, 1.82) is 0 Å². The summed E-state index contributed by atoms with van der Waals surface area (Å²) in [5, 5.41) is 3.73. The Balaban J connectivity index is 2.27. The minimum Gasteiger partial charge on any atom is -0.345 e. The third-order valence-corrected chi connectivity index (χ3v) is 5.58. The molecule has 1 unspecified atom stereocenters. The molecule has 24 heavy (non-hydrogen) atoms. The van der Waals surface area contributed by atoms with Crippen LogP contribution < -0.4 is 5.32 Å². The van der Waals surface area contributed by atoms with Gasteiger partial charge in [-0.05, 0) is 42.8 Å². The zero-order valence-electron chi connectivity index (χ0n) is 12.8. The van der Waals surface area contributed by atoms with E-state index in [1.54, 1.807) is 25.1 Å². The number of hydrogen-bond acceptors (Lipinski definition) is 3. The zero-order valence-corrected chi connectivity index (χ0v) is 15.9. The molecular formula is C16H14Cl3NO3S. The average Bonchev–Trinajstić information content (AvgIpc) is 2.49. The molecule has 1 atom stereocenters. The van der Waals surface area contributed by atoms with Crippen LogP contribution in [-0.2, 0) is 9.84 Å². The van der Waals surface area contributed by atoms with Crippen LogP contribution >= 0.6 is 34.8 Å². The van der Waals surface area contributed by atoms with Crippen LogP contribution in [0.4, 0.5) is 0 Å².